The number of nitrogens with one attached hydrogen (secondary N) is 1. The van der Waals surface area contributed by atoms with E-state index in [1.54, 1.807) is 0 Å². The Balaban J connectivity index is 3.27. The zero-order chi connectivity index (χ0) is 14.6. The molecule has 1 aromatic carbocycles. The van der Waals surface area contributed by atoms with E-state index in [-0.39, 0.29) is 17.1 Å². The molecule has 3 N–H and O–H groups in total. The second kappa shape index (κ2) is 5.89. The number of nitro groups is 1. The topological polar surface area (TPSA) is 117 Å². The van der Waals surface area contributed by atoms with E-state index in [0.29, 0.717) is 5.75 Å². The third-order valence-corrected chi connectivity index (χ3v) is 2.50. The number of nitrogens with zero attached hydrogens (tertiary/aromatic N) is 1. The summed E-state index contributed by atoms with van der Waals surface area (Å²) in [4.78, 5) is 21.4. The van der Waals surface area contributed by atoms with E-state index in [0.717, 1.165) is 0 Å². The highest BCUT2D eigenvalue weighted by Gasteiger charge is 2.21. The first-order chi connectivity index (χ1) is 8.90. The number of benzene rings is 1. The minimum atomic E-state index is -0.753. The van der Waals surface area contributed by atoms with E-state index in [2.05, 4.69) is 5.32 Å². The normalized spacial score (nSPS) is 11.5. The number of carbonyl (C=O) groups excluding carboxylic acids is 1. The first-order valence-corrected chi connectivity index (χ1v) is 5.37. The van der Waals surface area contributed by atoms with Gasteiger partial charge in [0.05, 0.1) is 25.2 Å². The predicted octanol–water partition coefficient (Wildman–Crippen LogP) is 0.898. The summed E-state index contributed by atoms with van der Waals surface area (Å²) in [6, 6.07) is 1.85. The monoisotopic (exact) mass is 269 g/mol. The Labute approximate surface area is 109 Å². The van der Waals surface area contributed by atoms with Crippen LogP contribution in [-0.4, -0.2) is 31.1 Å². The molecule has 1 atom stereocenters. The van der Waals surface area contributed by atoms with E-state index >= 15 is 0 Å². The molecule has 0 bridgehead atoms. The third-order valence-electron chi connectivity index (χ3n) is 2.50. The molecule has 1 aromatic rings. The van der Waals surface area contributed by atoms with Crippen molar-refractivity contribution in [1.29, 1.82) is 0 Å². The van der Waals surface area contributed by atoms with Crippen LogP contribution in [-0.2, 0) is 4.79 Å². The van der Waals surface area contributed by atoms with Crippen molar-refractivity contribution in [3.05, 3.63) is 22.2 Å². The predicted molar refractivity (Wildman–Crippen MR) is 68.5 cm³/mol. The minimum absolute atomic E-state index is 0.133. The Morgan fingerprint density at radius 1 is 1.37 bits per heavy atom. The van der Waals surface area contributed by atoms with Crippen molar-refractivity contribution in [2.24, 2.45) is 5.73 Å². The first-order valence-electron chi connectivity index (χ1n) is 5.37. The maximum atomic E-state index is 11.0. The van der Waals surface area contributed by atoms with Gasteiger partial charge in [-0.15, -0.1) is 0 Å². The average molecular weight is 269 g/mol. The molecule has 0 aliphatic carbocycles. The van der Waals surface area contributed by atoms with Crippen LogP contribution < -0.4 is 20.5 Å². The number of anilines is 1. The number of nitro benzene ring substituents is 1. The Kier molecular flexibility index (Phi) is 4.51. The molecule has 0 fully saturated rings. The molecule has 0 radical (unpaired) electrons. The van der Waals surface area contributed by atoms with Crippen LogP contribution in [0, 0.1) is 10.1 Å². The Morgan fingerprint density at radius 3 is 2.32 bits per heavy atom. The summed E-state index contributed by atoms with van der Waals surface area (Å²) in [6.45, 7) is 1.50. The highest BCUT2D eigenvalue weighted by atomic mass is 16.6. The van der Waals surface area contributed by atoms with E-state index < -0.39 is 16.9 Å². The highest BCUT2D eigenvalue weighted by molar-refractivity contribution is 5.84. The fourth-order valence-corrected chi connectivity index (χ4v) is 1.44. The van der Waals surface area contributed by atoms with E-state index in [4.69, 9.17) is 15.2 Å². The van der Waals surface area contributed by atoms with Gasteiger partial charge < -0.3 is 20.5 Å². The maximum absolute atomic E-state index is 11.0. The molecule has 104 valence electrons. The molecule has 8 nitrogen and oxygen atoms in total. The number of ether oxygens (including phenoxy) is 2. The van der Waals surface area contributed by atoms with Crippen LogP contribution in [0.4, 0.5) is 11.4 Å². The van der Waals surface area contributed by atoms with Crippen LogP contribution in [0.15, 0.2) is 12.1 Å². The fraction of sp³-hybridized carbons (Fsp3) is 0.364. The summed E-state index contributed by atoms with van der Waals surface area (Å²) in [5, 5.41) is 13.7. The molecule has 0 heterocycles. The third kappa shape index (κ3) is 3.24. The Morgan fingerprint density at radius 2 is 1.89 bits per heavy atom. The van der Waals surface area contributed by atoms with Crippen molar-refractivity contribution in [2.75, 3.05) is 19.5 Å². The van der Waals surface area contributed by atoms with Gasteiger partial charge in [0.2, 0.25) is 5.91 Å². The van der Waals surface area contributed by atoms with Crippen molar-refractivity contribution >= 4 is 17.3 Å². The molecule has 1 amide bonds. The molecule has 1 unspecified atom stereocenters. The summed E-state index contributed by atoms with van der Waals surface area (Å²) in [6.07, 6.45) is 0. The fourth-order valence-electron chi connectivity index (χ4n) is 1.44. The van der Waals surface area contributed by atoms with Crippen molar-refractivity contribution in [3.8, 4) is 11.5 Å². The molecule has 0 aromatic heterocycles. The number of methoxy groups -OCH3 is 2. The standard InChI is InChI=1S/C11H15N3O5/c1-6(11(12)15)13-7-4-9(18-2)10(19-3)5-8(7)14(16)17/h4-6,13H,1-3H3,(H2,12,15). The molecule has 0 spiro atoms. The molecular formula is C11H15N3O5. The van der Waals surface area contributed by atoms with Crippen LogP contribution in [0.2, 0.25) is 0 Å². The lowest BCUT2D eigenvalue weighted by Gasteiger charge is -2.14. The van der Waals surface area contributed by atoms with E-state index in [9.17, 15) is 14.9 Å². The first kappa shape index (κ1) is 14.6. The second-order valence-corrected chi connectivity index (χ2v) is 3.75. The van der Waals surface area contributed by atoms with Gasteiger partial charge in [0.15, 0.2) is 11.5 Å². The summed E-state index contributed by atoms with van der Waals surface area (Å²) >= 11 is 0. The van der Waals surface area contributed by atoms with Gasteiger partial charge in [-0.25, -0.2) is 0 Å². The van der Waals surface area contributed by atoms with Gasteiger partial charge in [-0.3, -0.25) is 14.9 Å². The van der Waals surface area contributed by atoms with Gasteiger partial charge in [0.1, 0.15) is 11.7 Å². The van der Waals surface area contributed by atoms with Crippen molar-refractivity contribution in [3.63, 3.8) is 0 Å². The number of primary amides is 1. The van der Waals surface area contributed by atoms with Crippen LogP contribution in [0.5, 0.6) is 11.5 Å². The molecule has 1 rings (SSSR count). The summed E-state index contributed by atoms with van der Waals surface area (Å²) in [5.74, 6) is -0.0807. The average Bonchev–Trinajstić information content (AvgIpc) is 2.37. The SMILES string of the molecule is COc1cc(NC(C)C(N)=O)c([N+](=O)[O-])cc1OC. The zero-order valence-corrected chi connectivity index (χ0v) is 10.8. The van der Waals surface area contributed by atoms with Gasteiger partial charge >= 0.3 is 0 Å². The highest BCUT2D eigenvalue weighted by Crippen LogP contribution is 2.37. The maximum Gasteiger partial charge on any atom is 0.296 e. The van der Waals surface area contributed by atoms with Gasteiger partial charge in [-0.1, -0.05) is 0 Å². The summed E-state index contributed by atoms with van der Waals surface area (Å²) < 4.78 is 10.0. The van der Waals surface area contributed by atoms with Gasteiger partial charge in [-0.05, 0) is 6.92 Å². The van der Waals surface area contributed by atoms with Gasteiger partial charge in [-0.2, -0.15) is 0 Å². The largest absolute Gasteiger partial charge is 0.493 e. The summed E-state index contributed by atoms with van der Waals surface area (Å²) in [5.41, 5.74) is 5.01. The lowest BCUT2D eigenvalue weighted by Crippen LogP contribution is -2.32. The van der Waals surface area contributed by atoms with Gasteiger partial charge in [0.25, 0.3) is 5.69 Å². The number of nitrogens with two attached hydrogens (primary N) is 1. The lowest BCUT2D eigenvalue weighted by atomic mass is 10.2. The molecule has 0 saturated carbocycles. The molecular weight excluding hydrogens is 254 g/mol. The minimum Gasteiger partial charge on any atom is -0.493 e. The van der Waals surface area contributed by atoms with Crippen molar-refractivity contribution in [2.45, 2.75) is 13.0 Å². The number of amides is 1. The van der Waals surface area contributed by atoms with Crippen molar-refractivity contribution in [1.82, 2.24) is 0 Å². The summed E-state index contributed by atoms with van der Waals surface area (Å²) in [7, 11) is 2.78. The number of hydrogen-bond donors (Lipinski definition) is 2. The number of carbonyl (C=O) groups is 1. The number of hydrogen-bond acceptors (Lipinski definition) is 6. The Hall–Kier alpha value is -2.51. The smallest absolute Gasteiger partial charge is 0.296 e. The van der Waals surface area contributed by atoms with E-state index in [1.807, 2.05) is 0 Å². The molecule has 0 saturated heterocycles. The number of rotatable bonds is 6. The van der Waals surface area contributed by atoms with Crippen LogP contribution in [0.1, 0.15) is 6.92 Å². The van der Waals surface area contributed by atoms with Crippen LogP contribution in [0.25, 0.3) is 0 Å². The second-order valence-electron chi connectivity index (χ2n) is 3.75. The molecule has 0 aliphatic rings. The van der Waals surface area contributed by atoms with Gasteiger partial charge in [0, 0.05) is 6.07 Å². The molecule has 8 heteroatoms. The molecule has 0 aliphatic heterocycles. The zero-order valence-electron chi connectivity index (χ0n) is 10.8. The quantitative estimate of drug-likeness (QED) is 0.585. The van der Waals surface area contributed by atoms with Crippen LogP contribution >= 0.6 is 0 Å². The van der Waals surface area contributed by atoms with Crippen molar-refractivity contribution < 1.29 is 19.2 Å². The van der Waals surface area contributed by atoms with E-state index in [1.165, 1.54) is 33.3 Å². The Bertz CT molecular complexity index is 503. The van der Waals surface area contributed by atoms with Crippen LogP contribution in [0.3, 0.4) is 0 Å². The lowest BCUT2D eigenvalue weighted by molar-refractivity contribution is -0.384. The molecule has 19 heavy (non-hydrogen) atoms.